The smallest absolute Gasteiger partial charge is 0.251 e. The summed E-state index contributed by atoms with van der Waals surface area (Å²) in [4.78, 5) is 15.9. The molecule has 98 valence electrons. The van der Waals surface area contributed by atoms with Crippen molar-refractivity contribution in [1.82, 2.24) is 5.32 Å². The number of carbonyl (C=O) groups is 1. The van der Waals surface area contributed by atoms with Gasteiger partial charge in [0.15, 0.2) is 0 Å². The van der Waals surface area contributed by atoms with Gasteiger partial charge >= 0.3 is 0 Å². The van der Waals surface area contributed by atoms with Crippen LogP contribution in [0.2, 0.25) is 5.02 Å². The van der Waals surface area contributed by atoms with E-state index in [2.05, 4.69) is 10.3 Å². The Morgan fingerprint density at radius 3 is 2.72 bits per heavy atom. The maximum atomic E-state index is 11.8. The lowest BCUT2D eigenvalue weighted by atomic mass is 10.2. The minimum atomic E-state index is -0.178. The second-order valence-corrected chi connectivity index (χ2v) is 4.71. The van der Waals surface area contributed by atoms with Gasteiger partial charge in [0, 0.05) is 11.6 Å². The van der Waals surface area contributed by atoms with E-state index in [9.17, 15) is 4.79 Å². The third-order valence-corrected chi connectivity index (χ3v) is 2.62. The number of nitrogens with one attached hydrogen (secondary N) is 1. The highest BCUT2D eigenvalue weighted by atomic mass is 35.5. The molecule has 18 heavy (non-hydrogen) atoms. The number of rotatable bonds is 4. The molecule has 1 rings (SSSR count). The van der Waals surface area contributed by atoms with Crippen molar-refractivity contribution in [2.45, 2.75) is 19.9 Å². The topological polar surface area (TPSA) is 67.5 Å². The summed E-state index contributed by atoms with van der Waals surface area (Å²) in [6.07, 6.45) is 0. The summed E-state index contributed by atoms with van der Waals surface area (Å²) in [5, 5.41) is 3.21. The van der Waals surface area contributed by atoms with E-state index in [1.54, 1.807) is 18.2 Å². The van der Waals surface area contributed by atoms with Crippen molar-refractivity contribution in [3.05, 3.63) is 28.8 Å². The number of hydrogen-bond acceptors (Lipinski definition) is 2. The van der Waals surface area contributed by atoms with Crippen molar-refractivity contribution in [3.8, 4) is 0 Å². The monoisotopic (exact) mass is 287 g/mol. The van der Waals surface area contributed by atoms with Crippen LogP contribution in [0.1, 0.15) is 24.2 Å². The molecule has 0 aliphatic rings. The number of nitrogens with two attached hydrogens (primary N) is 1. The standard InChI is InChI=1S/C12H15Cl2N3O/c1-7(2)16-12(18)8-3-4-9(14)10(5-8)17-11(15)6-13/h3-5,7H,6H2,1-2H3,(H2,15,17)(H,16,18). The number of benzene rings is 1. The highest BCUT2D eigenvalue weighted by molar-refractivity contribution is 6.33. The number of alkyl halides is 1. The predicted molar refractivity (Wildman–Crippen MR) is 76.1 cm³/mol. The normalized spacial score (nSPS) is 11.7. The molecule has 6 heteroatoms. The highest BCUT2D eigenvalue weighted by Gasteiger charge is 2.09. The third kappa shape index (κ3) is 4.20. The second kappa shape index (κ2) is 6.61. The van der Waals surface area contributed by atoms with E-state index in [1.807, 2.05) is 13.8 Å². The lowest BCUT2D eigenvalue weighted by Gasteiger charge is -2.09. The minimum Gasteiger partial charge on any atom is -0.386 e. The van der Waals surface area contributed by atoms with Crippen molar-refractivity contribution >= 4 is 40.6 Å². The maximum Gasteiger partial charge on any atom is 0.251 e. The van der Waals surface area contributed by atoms with E-state index in [4.69, 9.17) is 28.9 Å². The van der Waals surface area contributed by atoms with Crippen LogP contribution in [0.3, 0.4) is 0 Å². The average molecular weight is 288 g/mol. The first kappa shape index (κ1) is 14.8. The van der Waals surface area contributed by atoms with Crippen LogP contribution in [0.5, 0.6) is 0 Å². The van der Waals surface area contributed by atoms with Crippen LogP contribution >= 0.6 is 23.2 Å². The molecule has 1 aromatic carbocycles. The van der Waals surface area contributed by atoms with Crippen molar-refractivity contribution in [2.24, 2.45) is 10.7 Å². The number of amides is 1. The SMILES string of the molecule is CC(C)NC(=O)c1ccc(Cl)c(N=C(N)CCl)c1. The van der Waals surface area contributed by atoms with E-state index >= 15 is 0 Å². The van der Waals surface area contributed by atoms with Gasteiger partial charge in [-0.15, -0.1) is 11.6 Å². The molecule has 0 saturated carbocycles. The predicted octanol–water partition coefficient (Wildman–Crippen LogP) is 2.71. The Morgan fingerprint density at radius 2 is 2.17 bits per heavy atom. The Labute approximate surface area is 116 Å². The quantitative estimate of drug-likeness (QED) is 0.508. The van der Waals surface area contributed by atoms with Gasteiger partial charge in [0.25, 0.3) is 5.91 Å². The molecule has 1 amide bonds. The van der Waals surface area contributed by atoms with E-state index in [0.29, 0.717) is 16.3 Å². The first-order valence-electron chi connectivity index (χ1n) is 5.43. The van der Waals surface area contributed by atoms with Gasteiger partial charge in [-0.2, -0.15) is 0 Å². The summed E-state index contributed by atoms with van der Waals surface area (Å²) in [7, 11) is 0. The summed E-state index contributed by atoms with van der Waals surface area (Å²) in [6.45, 7) is 3.77. The summed E-state index contributed by atoms with van der Waals surface area (Å²) >= 11 is 11.5. The van der Waals surface area contributed by atoms with Crippen LogP contribution in [0.15, 0.2) is 23.2 Å². The second-order valence-electron chi connectivity index (χ2n) is 4.03. The molecule has 0 spiro atoms. The molecular weight excluding hydrogens is 273 g/mol. The van der Waals surface area contributed by atoms with Gasteiger partial charge in [0.05, 0.1) is 16.6 Å². The zero-order valence-electron chi connectivity index (χ0n) is 10.2. The van der Waals surface area contributed by atoms with Crippen LogP contribution in [0, 0.1) is 0 Å². The molecule has 3 N–H and O–H groups in total. The van der Waals surface area contributed by atoms with Gasteiger partial charge in [0.2, 0.25) is 0 Å². The number of hydrogen-bond donors (Lipinski definition) is 2. The van der Waals surface area contributed by atoms with Crippen LogP contribution in [-0.2, 0) is 0 Å². The molecule has 0 unspecified atom stereocenters. The molecular formula is C12H15Cl2N3O. The molecule has 0 heterocycles. The Bertz CT molecular complexity index is 472. The van der Waals surface area contributed by atoms with Crippen molar-refractivity contribution in [3.63, 3.8) is 0 Å². The van der Waals surface area contributed by atoms with Gasteiger partial charge in [-0.3, -0.25) is 4.79 Å². The lowest BCUT2D eigenvalue weighted by Crippen LogP contribution is -2.29. The maximum absolute atomic E-state index is 11.8. The minimum absolute atomic E-state index is 0.0630. The Hall–Kier alpha value is -1.26. The fourth-order valence-corrected chi connectivity index (χ4v) is 1.49. The van der Waals surface area contributed by atoms with E-state index < -0.39 is 0 Å². The molecule has 0 atom stereocenters. The van der Waals surface area contributed by atoms with E-state index in [-0.39, 0.29) is 23.7 Å². The van der Waals surface area contributed by atoms with Gasteiger partial charge in [-0.1, -0.05) is 11.6 Å². The zero-order chi connectivity index (χ0) is 13.7. The zero-order valence-corrected chi connectivity index (χ0v) is 11.7. The third-order valence-electron chi connectivity index (χ3n) is 2.03. The average Bonchev–Trinajstić information content (AvgIpc) is 2.30. The summed E-state index contributed by atoms with van der Waals surface area (Å²) < 4.78 is 0. The largest absolute Gasteiger partial charge is 0.386 e. The molecule has 4 nitrogen and oxygen atoms in total. The Kier molecular flexibility index (Phi) is 5.44. The molecule has 0 radical (unpaired) electrons. The first-order valence-corrected chi connectivity index (χ1v) is 6.34. The van der Waals surface area contributed by atoms with E-state index in [1.165, 1.54) is 0 Å². The van der Waals surface area contributed by atoms with Crippen LogP contribution in [0.4, 0.5) is 5.69 Å². The number of nitrogens with zero attached hydrogens (tertiary/aromatic N) is 1. The van der Waals surface area contributed by atoms with Crippen molar-refractivity contribution < 1.29 is 4.79 Å². The van der Waals surface area contributed by atoms with Gasteiger partial charge in [-0.25, -0.2) is 4.99 Å². The fraction of sp³-hybridized carbons (Fsp3) is 0.333. The molecule has 1 aromatic rings. The fourth-order valence-electron chi connectivity index (χ4n) is 1.27. The Balaban J connectivity index is 3.04. The number of aliphatic imine (C=N–C) groups is 1. The number of halogens is 2. The summed E-state index contributed by atoms with van der Waals surface area (Å²) in [5.74, 6) is 0.182. The van der Waals surface area contributed by atoms with Crippen LogP contribution in [0.25, 0.3) is 0 Å². The van der Waals surface area contributed by atoms with Gasteiger partial charge in [-0.05, 0) is 32.0 Å². The van der Waals surface area contributed by atoms with E-state index in [0.717, 1.165) is 0 Å². The van der Waals surface area contributed by atoms with Gasteiger partial charge in [0.1, 0.15) is 5.84 Å². The molecule has 0 aliphatic carbocycles. The van der Waals surface area contributed by atoms with Gasteiger partial charge < -0.3 is 11.1 Å². The molecule has 0 fully saturated rings. The van der Waals surface area contributed by atoms with Crippen molar-refractivity contribution in [1.29, 1.82) is 0 Å². The summed E-state index contributed by atoms with van der Waals surface area (Å²) in [6, 6.07) is 4.89. The highest BCUT2D eigenvalue weighted by Crippen LogP contribution is 2.26. The van der Waals surface area contributed by atoms with Crippen molar-refractivity contribution in [2.75, 3.05) is 5.88 Å². The Morgan fingerprint density at radius 1 is 1.50 bits per heavy atom. The molecule has 0 aromatic heterocycles. The van der Waals surface area contributed by atoms with Crippen LogP contribution < -0.4 is 11.1 Å². The first-order chi connectivity index (χ1) is 8.43. The lowest BCUT2D eigenvalue weighted by molar-refractivity contribution is 0.0943. The number of amidine groups is 1. The molecule has 0 saturated heterocycles. The summed E-state index contributed by atoms with van der Waals surface area (Å²) in [5.41, 5.74) is 6.46. The van der Waals surface area contributed by atoms with Crippen LogP contribution in [-0.4, -0.2) is 23.7 Å². The number of carbonyl (C=O) groups excluding carboxylic acids is 1. The molecule has 0 bridgehead atoms. The molecule has 0 aliphatic heterocycles.